The smallest absolute Gasteiger partial charge is 0.251 e. The highest BCUT2D eigenvalue weighted by molar-refractivity contribution is 5.99. The van der Waals surface area contributed by atoms with Crippen molar-refractivity contribution in [1.82, 2.24) is 14.9 Å². The van der Waals surface area contributed by atoms with Gasteiger partial charge < -0.3 is 24.8 Å². The number of fused-ring (bicyclic) bond motifs is 1. The number of likely N-dealkylation sites (tertiary alicyclic amines) is 1. The first-order chi connectivity index (χ1) is 13.6. The molecule has 3 rings (SSSR count). The predicted molar refractivity (Wildman–Crippen MR) is 109 cm³/mol. The maximum atomic E-state index is 13.2. The Bertz CT molecular complexity index is 785. The van der Waals surface area contributed by atoms with Crippen molar-refractivity contribution in [2.24, 2.45) is 5.92 Å². The molecule has 2 saturated heterocycles. The van der Waals surface area contributed by atoms with E-state index in [1.807, 2.05) is 13.8 Å². The van der Waals surface area contributed by atoms with Gasteiger partial charge in [0.2, 0.25) is 5.91 Å². The van der Waals surface area contributed by atoms with Crippen LogP contribution in [0.25, 0.3) is 0 Å². The molecule has 2 heterocycles. The molecule has 0 unspecified atom stereocenters. The van der Waals surface area contributed by atoms with Crippen molar-refractivity contribution in [1.29, 1.82) is 0 Å². The second-order valence-electron chi connectivity index (χ2n) is 8.63. The summed E-state index contributed by atoms with van der Waals surface area (Å²) in [6.45, 7) is 4.45. The van der Waals surface area contributed by atoms with E-state index in [4.69, 9.17) is 4.74 Å². The molecule has 2 fully saturated rings. The minimum Gasteiger partial charge on any atom is -0.628 e. The number of amides is 2. The Morgan fingerprint density at radius 2 is 1.93 bits per heavy atom. The van der Waals surface area contributed by atoms with Crippen LogP contribution < -0.4 is 9.96 Å². The van der Waals surface area contributed by atoms with Crippen LogP contribution in [0.3, 0.4) is 0 Å². The van der Waals surface area contributed by atoms with Gasteiger partial charge in [0.1, 0.15) is 24.4 Å². The zero-order chi connectivity index (χ0) is 21.3. The molecule has 0 spiro atoms. The van der Waals surface area contributed by atoms with Crippen molar-refractivity contribution in [3.05, 3.63) is 35.0 Å². The summed E-state index contributed by atoms with van der Waals surface area (Å²) in [4.78, 5) is 39.6. The van der Waals surface area contributed by atoms with Gasteiger partial charge in [-0.25, -0.2) is 0 Å². The first-order valence-corrected chi connectivity index (χ1v) is 9.99. The van der Waals surface area contributed by atoms with E-state index in [1.54, 1.807) is 29.2 Å². The number of nitrogens with one attached hydrogen (secondary N) is 1. The lowest BCUT2D eigenvalue weighted by Crippen LogP contribution is -2.52. The summed E-state index contributed by atoms with van der Waals surface area (Å²) < 4.78 is 4.87. The lowest BCUT2D eigenvalue weighted by atomic mass is 10.0. The zero-order valence-electron chi connectivity index (χ0n) is 17.4. The lowest BCUT2D eigenvalue weighted by molar-refractivity contribution is -0.138. The molecule has 1 aromatic carbocycles. The molecule has 2 aliphatic rings. The first-order valence-electron chi connectivity index (χ1n) is 9.99. The van der Waals surface area contributed by atoms with Crippen LogP contribution >= 0.6 is 0 Å². The van der Waals surface area contributed by atoms with Crippen molar-refractivity contribution in [3.63, 3.8) is 0 Å². The Balaban J connectivity index is 1.74. The number of hydroxylamine groups is 2. The molecule has 0 bridgehead atoms. The van der Waals surface area contributed by atoms with E-state index >= 15 is 0 Å². The molecule has 8 nitrogen and oxygen atoms in total. The second kappa shape index (κ2) is 8.22. The number of Topliss-reactive ketones (excluding diaryl/α,β-unsaturated/α-hetero) is 1. The molecule has 8 heteroatoms. The predicted octanol–water partition coefficient (Wildman–Crippen LogP) is 1.46. The molecule has 0 aromatic heterocycles. The third-order valence-electron chi connectivity index (χ3n) is 5.46. The lowest BCUT2D eigenvalue weighted by Gasteiger charge is -2.33. The Hall–Kier alpha value is -2.29. The van der Waals surface area contributed by atoms with Crippen LogP contribution in [0.2, 0.25) is 0 Å². The van der Waals surface area contributed by atoms with E-state index in [1.165, 1.54) is 14.1 Å². The van der Waals surface area contributed by atoms with Gasteiger partial charge in [-0.3, -0.25) is 14.4 Å². The van der Waals surface area contributed by atoms with E-state index in [2.05, 4.69) is 5.32 Å². The minimum atomic E-state index is -0.721. The van der Waals surface area contributed by atoms with Gasteiger partial charge >= 0.3 is 0 Å². The van der Waals surface area contributed by atoms with E-state index in [9.17, 15) is 19.6 Å². The van der Waals surface area contributed by atoms with E-state index < -0.39 is 16.7 Å². The first kappa shape index (κ1) is 21.4. The largest absolute Gasteiger partial charge is 0.628 e. The van der Waals surface area contributed by atoms with Crippen molar-refractivity contribution >= 4 is 23.3 Å². The number of benzene rings is 1. The average molecular weight is 403 g/mol. The van der Waals surface area contributed by atoms with Crippen LogP contribution in [0.4, 0.5) is 5.69 Å². The monoisotopic (exact) mass is 403 g/mol. The molecule has 1 aromatic rings. The second-order valence-corrected chi connectivity index (χ2v) is 8.63. The van der Waals surface area contributed by atoms with Gasteiger partial charge in [-0.2, -0.15) is 0 Å². The molecule has 2 amide bonds. The van der Waals surface area contributed by atoms with Gasteiger partial charge in [-0.15, -0.1) is 0 Å². The number of hydrogen-bond acceptors (Lipinski definition) is 5. The highest BCUT2D eigenvalue weighted by Crippen LogP contribution is 2.28. The Labute approximate surface area is 171 Å². The van der Waals surface area contributed by atoms with E-state index in [0.29, 0.717) is 30.6 Å². The summed E-state index contributed by atoms with van der Waals surface area (Å²) in [5.74, 6) is -0.521. The molecule has 3 atom stereocenters. The molecule has 0 radical (unpaired) electrons. The van der Waals surface area contributed by atoms with Crippen LogP contribution in [-0.2, 0) is 14.3 Å². The van der Waals surface area contributed by atoms with Crippen LogP contribution in [0.5, 0.6) is 0 Å². The van der Waals surface area contributed by atoms with Crippen LogP contribution in [0, 0.1) is 11.1 Å². The number of carbonyl (C=O) groups excluding carboxylic acids is 3. The molecule has 0 saturated carbocycles. The maximum Gasteiger partial charge on any atom is 0.251 e. The van der Waals surface area contributed by atoms with Crippen LogP contribution in [0.15, 0.2) is 24.3 Å². The van der Waals surface area contributed by atoms with Crippen molar-refractivity contribution in [3.8, 4) is 0 Å². The number of carbonyl (C=O) groups is 3. The van der Waals surface area contributed by atoms with Gasteiger partial charge in [-0.05, 0) is 30.9 Å². The number of hydrogen-bond donors (Lipinski definition) is 1. The summed E-state index contributed by atoms with van der Waals surface area (Å²) in [5, 5.41) is 14.8. The molecule has 1 N–H and O–H groups in total. The summed E-state index contributed by atoms with van der Waals surface area (Å²) in [6.07, 6.45) is 0.869. The third-order valence-corrected chi connectivity index (χ3v) is 5.46. The summed E-state index contributed by atoms with van der Waals surface area (Å²) in [7, 11) is 3.01. The standard InChI is InChI=1S/C21H29N3O5/c1-13(2)11-16(21(27)23-10-9-18-19(23)17(25)12-29-18)22-20(26)14-5-7-15(8-6-14)24(3,4)28/h5-8,13,16,18-19H,9-12H2,1-4H3,(H,22,26)/t16-,18+,19+/m0/s1. The fourth-order valence-corrected chi connectivity index (χ4v) is 3.95. The fraction of sp³-hybridized carbons (Fsp3) is 0.571. The number of ether oxygens (including phenoxy) is 1. The van der Waals surface area contributed by atoms with Gasteiger partial charge in [0.25, 0.3) is 5.91 Å². The van der Waals surface area contributed by atoms with Gasteiger partial charge in [-0.1, -0.05) is 13.8 Å². The molecule has 0 aliphatic carbocycles. The highest BCUT2D eigenvalue weighted by Gasteiger charge is 2.48. The SMILES string of the molecule is CC(C)C[C@H](NC(=O)c1ccc([N+](C)(C)[O-])cc1)C(=O)N1CC[C@H]2OCC(=O)[C@H]21. The highest BCUT2D eigenvalue weighted by atomic mass is 16.5. The zero-order valence-corrected chi connectivity index (χ0v) is 17.4. The summed E-state index contributed by atoms with van der Waals surface area (Å²) >= 11 is 0. The normalized spacial score (nSPS) is 22.7. The van der Waals surface area contributed by atoms with E-state index in [0.717, 1.165) is 0 Å². The van der Waals surface area contributed by atoms with Gasteiger partial charge in [0, 0.05) is 24.2 Å². The fourth-order valence-electron chi connectivity index (χ4n) is 3.95. The molecule has 2 aliphatic heterocycles. The number of quaternary nitrogens is 1. The van der Waals surface area contributed by atoms with Gasteiger partial charge in [0.05, 0.1) is 20.2 Å². The van der Waals surface area contributed by atoms with Crippen LogP contribution in [0.1, 0.15) is 37.0 Å². The van der Waals surface area contributed by atoms with E-state index in [-0.39, 0.29) is 36.2 Å². The van der Waals surface area contributed by atoms with Crippen LogP contribution in [-0.4, -0.2) is 67.9 Å². The summed E-state index contributed by atoms with van der Waals surface area (Å²) in [5.41, 5.74) is 0.905. The molecule has 29 heavy (non-hydrogen) atoms. The van der Waals surface area contributed by atoms with Crippen molar-refractivity contribution < 1.29 is 19.1 Å². The average Bonchev–Trinajstić information content (AvgIpc) is 3.23. The number of nitrogens with zero attached hydrogens (tertiary/aromatic N) is 2. The Kier molecular flexibility index (Phi) is 6.07. The van der Waals surface area contributed by atoms with Crippen molar-refractivity contribution in [2.45, 2.75) is 44.9 Å². The number of rotatable bonds is 6. The van der Waals surface area contributed by atoms with Crippen molar-refractivity contribution in [2.75, 3.05) is 27.2 Å². The molecular weight excluding hydrogens is 374 g/mol. The molecular formula is C21H29N3O5. The minimum absolute atomic E-state index is 0.0429. The van der Waals surface area contributed by atoms with Gasteiger partial charge in [0.15, 0.2) is 5.78 Å². The Morgan fingerprint density at radius 3 is 2.52 bits per heavy atom. The third kappa shape index (κ3) is 4.66. The maximum absolute atomic E-state index is 13.2. The number of ketones is 1. The molecule has 158 valence electrons. The Morgan fingerprint density at radius 1 is 1.28 bits per heavy atom. The quantitative estimate of drug-likeness (QED) is 0.573. The topological polar surface area (TPSA) is 98.8 Å². The summed E-state index contributed by atoms with van der Waals surface area (Å²) in [6, 6.07) is 5.13.